The van der Waals surface area contributed by atoms with E-state index in [9.17, 15) is 25.9 Å². The number of fused-ring (bicyclic) bond motifs is 6. The molecular weight excluding hydrogens is 585 g/mol. The van der Waals surface area contributed by atoms with Crippen molar-refractivity contribution in [2.24, 2.45) is 0 Å². The van der Waals surface area contributed by atoms with Gasteiger partial charge in [0.1, 0.15) is 15.9 Å². The Kier molecular flexibility index (Phi) is 6.72. The van der Waals surface area contributed by atoms with E-state index >= 15 is 0 Å². The van der Waals surface area contributed by atoms with Gasteiger partial charge in [-0.2, -0.15) is 4.57 Å². The minimum atomic E-state index is -4.37. The molecule has 0 bridgehead atoms. The molecule has 0 spiro atoms. The third-order valence-corrected chi connectivity index (χ3v) is 10.2. The Hall–Kier alpha value is -2.88. The van der Waals surface area contributed by atoms with Gasteiger partial charge < -0.3 is 22.8 Å². The van der Waals surface area contributed by atoms with Gasteiger partial charge in [-0.05, 0) is 42.8 Å². The first-order chi connectivity index (χ1) is 18.6. The lowest BCUT2D eigenvalue weighted by molar-refractivity contribution is -0.667. The van der Waals surface area contributed by atoms with E-state index in [0.717, 1.165) is 41.6 Å². The molecule has 0 fully saturated rings. The zero-order valence-electron chi connectivity index (χ0n) is 20.2. The molecule has 0 unspecified atom stereocenters. The highest BCUT2D eigenvalue weighted by Gasteiger charge is 2.30. The fourth-order valence-electron chi connectivity index (χ4n) is 4.86. The second-order valence-electron chi connectivity index (χ2n) is 9.05. The Labute approximate surface area is 232 Å². The monoisotopic (exact) mass is 605 g/mol. The molecule has 0 saturated heterocycles. The standard InChI is InChI=1S/C25H22N2O8S4/c28-38(29,30)13-1-9-26-22(36-20-5-3-18-16(24(20)26)7-11-34-18)15-23-27(10-2-14-39(31,32)33)25-17-8-12-35-19(17)4-6-21(25)37-23/h3-8,11-12,15H,1-2,9-10,13-14H2,(H-,28,29,30,31,32,33)/p-1. The summed E-state index contributed by atoms with van der Waals surface area (Å²) < 4.78 is 82.0. The molecular formula is C25H21N2O8S4-. The summed E-state index contributed by atoms with van der Waals surface area (Å²) in [6.07, 6.45) is 5.45. The van der Waals surface area contributed by atoms with Gasteiger partial charge in [-0.15, -0.1) is 0 Å². The molecule has 6 rings (SSSR count). The maximum absolute atomic E-state index is 11.3. The van der Waals surface area contributed by atoms with Crippen LogP contribution in [0.15, 0.2) is 67.7 Å². The van der Waals surface area contributed by atoms with E-state index in [1.807, 2.05) is 51.9 Å². The fourth-order valence-corrected chi connectivity index (χ4v) is 8.18. The average Bonchev–Trinajstić information content (AvgIpc) is 3.62. The lowest BCUT2D eigenvalue weighted by Gasteiger charge is -2.21. The van der Waals surface area contributed by atoms with Crippen molar-refractivity contribution < 1.29 is 39.3 Å². The maximum atomic E-state index is 11.3. The quantitative estimate of drug-likeness (QED) is 0.174. The topological polar surface area (TPSA) is 148 Å². The predicted molar refractivity (Wildman–Crippen MR) is 148 cm³/mol. The lowest BCUT2D eigenvalue weighted by Crippen LogP contribution is -2.36. The molecule has 5 aromatic rings. The van der Waals surface area contributed by atoms with Gasteiger partial charge in [-0.25, -0.2) is 16.8 Å². The Morgan fingerprint density at radius 1 is 0.872 bits per heavy atom. The summed E-state index contributed by atoms with van der Waals surface area (Å²) in [5.41, 5.74) is 3.14. The van der Waals surface area contributed by atoms with E-state index < -0.39 is 31.7 Å². The van der Waals surface area contributed by atoms with Gasteiger partial charge in [0.05, 0.1) is 54.9 Å². The fraction of sp³-hybridized carbons (Fsp3) is 0.240. The van der Waals surface area contributed by atoms with E-state index in [-0.39, 0.29) is 12.8 Å². The van der Waals surface area contributed by atoms with Crippen LogP contribution >= 0.6 is 23.1 Å². The molecule has 3 aromatic heterocycles. The molecule has 0 amide bonds. The van der Waals surface area contributed by atoms with Crippen LogP contribution in [0.4, 0.5) is 5.69 Å². The highest BCUT2D eigenvalue weighted by Crippen LogP contribution is 2.50. The number of rotatable bonds is 9. The number of aryl methyl sites for hydroxylation is 1. The van der Waals surface area contributed by atoms with Crippen molar-refractivity contribution in [3.05, 3.63) is 59.0 Å². The van der Waals surface area contributed by atoms with Crippen molar-refractivity contribution >= 4 is 87.3 Å². The molecule has 0 atom stereocenters. The summed E-state index contributed by atoms with van der Waals surface area (Å²) >= 11 is 3.03. The third-order valence-electron chi connectivity index (χ3n) is 6.44. The van der Waals surface area contributed by atoms with Gasteiger partial charge in [0.2, 0.25) is 5.52 Å². The van der Waals surface area contributed by atoms with Crippen LogP contribution in [-0.4, -0.2) is 44.0 Å². The zero-order chi connectivity index (χ0) is 27.4. The smallest absolute Gasteiger partial charge is 0.265 e. The van der Waals surface area contributed by atoms with Crippen LogP contribution in [0.3, 0.4) is 0 Å². The Morgan fingerprint density at radius 2 is 1.54 bits per heavy atom. The Balaban J connectivity index is 1.46. The number of hydrogen-bond donors (Lipinski definition) is 0. The predicted octanol–water partition coefficient (Wildman–Crippen LogP) is 4.46. The van der Waals surface area contributed by atoms with Crippen LogP contribution in [0, 0.1) is 0 Å². The summed E-state index contributed by atoms with van der Waals surface area (Å²) in [5.74, 6) is -0.966. The molecule has 0 saturated carbocycles. The van der Waals surface area contributed by atoms with Crippen LogP contribution in [0.1, 0.15) is 17.8 Å². The Bertz CT molecular complexity index is 1970. The SMILES string of the molecule is O=S(=O)([O-])CCCN1/C(=C/c2sc3ccc4occc4c3[n+]2CCCS(=O)(=O)[O-])Sc2ccc3occc3c21. The molecule has 1 aliphatic rings. The summed E-state index contributed by atoms with van der Waals surface area (Å²) in [6, 6.07) is 11.3. The van der Waals surface area contributed by atoms with E-state index in [4.69, 9.17) is 8.83 Å². The highest BCUT2D eigenvalue weighted by molar-refractivity contribution is 8.04. The molecule has 0 N–H and O–H groups in total. The summed E-state index contributed by atoms with van der Waals surface area (Å²) in [4.78, 5) is 2.95. The van der Waals surface area contributed by atoms with E-state index in [1.165, 1.54) is 23.1 Å². The van der Waals surface area contributed by atoms with Crippen molar-refractivity contribution in [2.45, 2.75) is 24.3 Å². The lowest BCUT2D eigenvalue weighted by atomic mass is 10.2. The van der Waals surface area contributed by atoms with E-state index in [2.05, 4.69) is 0 Å². The second-order valence-corrected chi connectivity index (χ2v) is 14.2. The van der Waals surface area contributed by atoms with Crippen molar-refractivity contribution in [3.63, 3.8) is 0 Å². The molecule has 10 nitrogen and oxygen atoms in total. The molecule has 204 valence electrons. The van der Waals surface area contributed by atoms with E-state index in [0.29, 0.717) is 24.3 Å². The van der Waals surface area contributed by atoms with Crippen LogP contribution in [-0.2, 0) is 26.8 Å². The molecule has 4 heterocycles. The molecule has 2 aromatic carbocycles. The van der Waals surface area contributed by atoms with Gasteiger partial charge in [0, 0.05) is 34.8 Å². The number of benzene rings is 2. The molecule has 39 heavy (non-hydrogen) atoms. The van der Waals surface area contributed by atoms with Crippen molar-refractivity contribution in [1.29, 1.82) is 0 Å². The van der Waals surface area contributed by atoms with Crippen LogP contribution in [0.2, 0.25) is 0 Å². The highest BCUT2D eigenvalue weighted by atomic mass is 32.2. The second kappa shape index (κ2) is 9.94. The zero-order valence-corrected chi connectivity index (χ0v) is 23.5. The molecule has 0 aliphatic carbocycles. The van der Waals surface area contributed by atoms with Gasteiger partial charge >= 0.3 is 0 Å². The maximum Gasteiger partial charge on any atom is 0.265 e. The molecule has 14 heteroatoms. The van der Waals surface area contributed by atoms with Crippen molar-refractivity contribution in [3.8, 4) is 0 Å². The first kappa shape index (κ1) is 26.3. The first-order valence-electron chi connectivity index (χ1n) is 11.9. The Morgan fingerprint density at radius 3 is 2.28 bits per heavy atom. The summed E-state index contributed by atoms with van der Waals surface area (Å²) in [6.45, 7) is 0.589. The van der Waals surface area contributed by atoms with Crippen LogP contribution in [0.5, 0.6) is 0 Å². The number of furan rings is 2. The van der Waals surface area contributed by atoms with E-state index in [1.54, 1.807) is 12.5 Å². The van der Waals surface area contributed by atoms with Gasteiger partial charge in [-0.3, -0.25) is 0 Å². The van der Waals surface area contributed by atoms with Gasteiger partial charge in [0.15, 0.2) is 6.54 Å². The normalized spacial score (nSPS) is 15.3. The number of aromatic nitrogens is 1. The van der Waals surface area contributed by atoms with Crippen molar-refractivity contribution in [1.82, 2.24) is 0 Å². The first-order valence-corrected chi connectivity index (χ1v) is 16.7. The van der Waals surface area contributed by atoms with Gasteiger partial charge in [0.25, 0.3) is 5.01 Å². The largest absolute Gasteiger partial charge is 0.748 e. The van der Waals surface area contributed by atoms with Crippen molar-refractivity contribution in [2.75, 3.05) is 23.0 Å². The molecule has 1 aliphatic heterocycles. The number of nitrogens with zero attached hydrogens (tertiary/aromatic N) is 2. The third kappa shape index (κ3) is 5.32. The number of thiazole rings is 1. The number of thioether (sulfide) groups is 1. The average molecular weight is 606 g/mol. The number of anilines is 1. The summed E-state index contributed by atoms with van der Waals surface area (Å²) in [5, 5.41) is 3.39. The minimum absolute atomic E-state index is 0.140. The van der Waals surface area contributed by atoms with Crippen LogP contribution < -0.4 is 9.47 Å². The van der Waals surface area contributed by atoms with Crippen LogP contribution in [0.25, 0.3) is 38.2 Å². The number of hydrogen-bond acceptors (Lipinski definition) is 11. The van der Waals surface area contributed by atoms with Gasteiger partial charge in [-0.1, -0.05) is 23.1 Å². The minimum Gasteiger partial charge on any atom is -0.748 e. The molecule has 0 radical (unpaired) electrons. The summed E-state index contributed by atoms with van der Waals surface area (Å²) in [7, 11) is -8.74.